The van der Waals surface area contributed by atoms with Crippen LogP contribution in [0.25, 0.3) is 0 Å². The lowest BCUT2D eigenvalue weighted by molar-refractivity contribution is -0.135. The van der Waals surface area contributed by atoms with E-state index in [2.05, 4.69) is 17.1 Å². The number of likely N-dealkylation sites (tertiary alicyclic amines) is 1. The average molecular weight is 400 g/mol. The molecule has 6 nitrogen and oxygen atoms in total. The maximum Gasteiger partial charge on any atom is 0.356 e. The fraction of sp³-hybridized carbons (Fsp3) is 0.381. The summed E-state index contributed by atoms with van der Waals surface area (Å²) in [6.07, 6.45) is 2.45. The first-order chi connectivity index (χ1) is 13.5. The first kappa shape index (κ1) is 18.7. The van der Waals surface area contributed by atoms with Gasteiger partial charge in [-0.05, 0) is 37.0 Å². The molecular formula is C21H22ClN3O3. The van der Waals surface area contributed by atoms with E-state index >= 15 is 0 Å². The molecule has 2 fully saturated rings. The molecule has 0 radical (unpaired) electrons. The minimum atomic E-state index is -1.15. The molecule has 1 amide bonds. The smallest absolute Gasteiger partial charge is 0.356 e. The Labute approximate surface area is 168 Å². The number of carbonyl (C=O) groups excluding carboxylic acids is 1. The molecule has 2 aromatic rings. The fourth-order valence-electron chi connectivity index (χ4n) is 4.22. The lowest BCUT2D eigenvalue weighted by atomic mass is 9.85. The van der Waals surface area contributed by atoms with Crippen LogP contribution in [-0.2, 0) is 11.2 Å². The van der Waals surface area contributed by atoms with Crippen molar-refractivity contribution in [3.05, 3.63) is 58.7 Å². The predicted octanol–water partition coefficient (Wildman–Crippen LogP) is 3.10. The largest absolute Gasteiger partial charge is 0.476 e. The quantitative estimate of drug-likeness (QED) is 0.836. The summed E-state index contributed by atoms with van der Waals surface area (Å²) in [6.45, 7) is 2.76. The van der Waals surface area contributed by atoms with Gasteiger partial charge < -0.3 is 14.9 Å². The van der Waals surface area contributed by atoms with Crippen LogP contribution >= 0.6 is 11.6 Å². The Balaban J connectivity index is 1.44. The van der Waals surface area contributed by atoms with Crippen LogP contribution in [-0.4, -0.2) is 53.0 Å². The zero-order chi connectivity index (χ0) is 19.7. The molecule has 28 heavy (non-hydrogen) atoms. The van der Waals surface area contributed by atoms with E-state index in [0.717, 1.165) is 32.4 Å². The number of halogens is 1. The second-order valence-electron chi connectivity index (χ2n) is 7.53. The molecule has 0 bridgehead atoms. The summed E-state index contributed by atoms with van der Waals surface area (Å²) in [6, 6.07) is 13.5. The number of benzene rings is 1. The van der Waals surface area contributed by atoms with Crippen LogP contribution in [0.2, 0.25) is 5.02 Å². The number of hydrogen-bond donors (Lipinski definition) is 1. The number of carboxylic acid groups (broad SMARTS) is 1. The maximum absolute atomic E-state index is 13.1. The van der Waals surface area contributed by atoms with E-state index in [1.807, 2.05) is 28.0 Å². The summed E-state index contributed by atoms with van der Waals surface area (Å²) in [5.41, 5.74) is 0.694. The van der Waals surface area contributed by atoms with Crippen molar-refractivity contribution in [1.29, 1.82) is 0 Å². The van der Waals surface area contributed by atoms with Gasteiger partial charge in [0.1, 0.15) is 5.82 Å². The number of pyridine rings is 1. The minimum Gasteiger partial charge on any atom is -0.476 e. The third kappa shape index (κ3) is 3.44. The van der Waals surface area contributed by atoms with Gasteiger partial charge in [0.2, 0.25) is 5.91 Å². The van der Waals surface area contributed by atoms with E-state index in [1.165, 1.54) is 5.56 Å². The number of aromatic carboxylic acids is 1. The van der Waals surface area contributed by atoms with E-state index in [-0.39, 0.29) is 22.0 Å². The second kappa shape index (κ2) is 7.43. The van der Waals surface area contributed by atoms with E-state index in [0.29, 0.717) is 18.9 Å². The van der Waals surface area contributed by atoms with Crippen molar-refractivity contribution in [3.8, 4) is 0 Å². The summed E-state index contributed by atoms with van der Waals surface area (Å²) in [7, 11) is 0. The van der Waals surface area contributed by atoms with Crippen molar-refractivity contribution in [2.24, 2.45) is 5.41 Å². The Morgan fingerprint density at radius 1 is 1.14 bits per heavy atom. The zero-order valence-corrected chi connectivity index (χ0v) is 16.2. The van der Waals surface area contributed by atoms with Crippen molar-refractivity contribution < 1.29 is 14.7 Å². The second-order valence-corrected chi connectivity index (χ2v) is 7.94. The number of amides is 1. The number of nitrogens with zero attached hydrogens (tertiary/aromatic N) is 3. The van der Waals surface area contributed by atoms with Crippen molar-refractivity contribution in [3.63, 3.8) is 0 Å². The number of carbonyl (C=O) groups is 2. The van der Waals surface area contributed by atoms with Crippen molar-refractivity contribution in [2.75, 3.05) is 31.1 Å². The molecule has 1 aromatic carbocycles. The van der Waals surface area contributed by atoms with Gasteiger partial charge in [0.15, 0.2) is 5.69 Å². The van der Waals surface area contributed by atoms with Gasteiger partial charge in [-0.15, -0.1) is 0 Å². The Bertz CT molecular complexity index is 905. The SMILES string of the molecule is O=C(O)c1nc(N2CCC3(CCN(CCc4ccccc4)C3=O)C2)ccc1Cl. The minimum absolute atomic E-state index is 0.120. The third-order valence-corrected chi connectivity index (χ3v) is 6.13. The van der Waals surface area contributed by atoms with Crippen LogP contribution in [0.15, 0.2) is 42.5 Å². The van der Waals surface area contributed by atoms with Gasteiger partial charge >= 0.3 is 5.97 Å². The van der Waals surface area contributed by atoms with Gasteiger partial charge in [0.25, 0.3) is 0 Å². The van der Waals surface area contributed by atoms with Crippen LogP contribution in [0, 0.1) is 5.41 Å². The highest BCUT2D eigenvalue weighted by atomic mass is 35.5. The van der Waals surface area contributed by atoms with Gasteiger partial charge in [-0.2, -0.15) is 0 Å². The molecule has 1 spiro atoms. The topological polar surface area (TPSA) is 73.7 Å². The van der Waals surface area contributed by atoms with E-state index < -0.39 is 5.97 Å². The Morgan fingerprint density at radius 2 is 1.89 bits per heavy atom. The number of anilines is 1. The Kier molecular flexibility index (Phi) is 4.98. The molecule has 0 saturated carbocycles. The first-order valence-electron chi connectivity index (χ1n) is 9.47. The Morgan fingerprint density at radius 3 is 2.64 bits per heavy atom. The van der Waals surface area contributed by atoms with Gasteiger partial charge in [-0.25, -0.2) is 9.78 Å². The molecule has 7 heteroatoms. The van der Waals surface area contributed by atoms with Gasteiger partial charge in [0, 0.05) is 26.2 Å². The molecule has 1 atom stereocenters. The molecule has 3 heterocycles. The number of carboxylic acids is 1. The lowest BCUT2D eigenvalue weighted by Gasteiger charge is -2.24. The van der Waals surface area contributed by atoms with E-state index in [1.54, 1.807) is 12.1 Å². The molecule has 1 aromatic heterocycles. The third-order valence-electron chi connectivity index (χ3n) is 5.83. The van der Waals surface area contributed by atoms with Crippen molar-refractivity contribution >= 4 is 29.3 Å². The summed E-state index contributed by atoms with van der Waals surface area (Å²) >= 11 is 5.92. The molecule has 146 valence electrons. The predicted molar refractivity (Wildman–Crippen MR) is 107 cm³/mol. The first-order valence-corrected chi connectivity index (χ1v) is 9.84. The van der Waals surface area contributed by atoms with Gasteiger partial charge in [-0.1, -0.05) is 41.9 Å². The molecule has 4 rings (SSSR count). The summed E-state index contributed by atoms with van der Waals surface area (Å²) in [5, 5.41) is 9.36. The molecule has 1 unspecified atom stereocenters. The molecule has 2 saturated heterocycles. The highest BCUT2D eigenvalue weighted by molar-refractivity contribution is 6.33. The van der Waals surface area contributed by atoms with E-state index in [9.17, 15) is 14.7 Å². The maximum atomic E-state index is 13.1. The monoisotopic (exact) mass is 399 g/mol. The number of rotatable bonds is 5. The van der Waals surface area contributed by atoms with Crippen LogP contribution in [0.1, 0.15) is 28.9 Å². The highest BCUT2D eigenvalue weighted by Gasteiger charge is 2.50. The van der Waals surface area contributed by atoms with Crippen molar-refractivity contribution in [1.82, 2.24) is 9.88 Å². The van der Waals surface area contributed by atoms with Crippen LogP contribution in [0.4, 0.5) is 5.82 Å². The summed E-state index contributed by atoms with van der Waals surface area (Å²) in [5.74, 6) is -0.377. The molecule has 1 N–H and O–H groups in total. The fourth-order valence-corrected chi connectivity index (χ4v) is 4.41. The normalized spacial score (nSPS) is 21.7. The molecule has 2 aliphatic heterocycles. The van der Waals surface area contributed by atoms with Crippen LogP contribution < -0.4 is 4.90 Å². The number of hydrogen-bond acceptors (Lipinski definition) is 4. The van der Waals surface area contributed by atoms with E-state index in [4.69, 9.17) is 11.6 Å². The van der Waals surface area contributed by atoms with Crippen molar-refractivity contribution in [2.45, 2.75) is 19.3 Å². The molecule has 0 aliphatic carbocycles. The lowest BCUT2D eigenvalue weighted by Crippen LogP contribution is -2.38. The zero-order valence-electron chi connectivity index (χ0n) is 15.5. The highest BCUT2D eigenvalue weighted by Crippen LogP contribution is 2.42. The molecule has 2 aliphatic rings. The van der Waals surface area contributed by atoms with Crippen LogP contribution in [0.5, 0.6) is 0 Å². The van der Waals surface area contributed by atoms with Crippen LogP contribution in [0.3, 0.4) is 0 Å². The van der Waals surface area contributed by atoms with Gasteiger partial charge in [-0.3, -0.25) is 4.79 Å². The standard InChI is InChI=1S/C21H22ClN3O3/c22-16-6-7-17(23-18(16)19(26)27)25-13-10-21(14-25)9-12-24(20(21)28)11-8-15-4-2-1-3-5-15/h1-7H,8-14H2,(H,26,27). The number of aromatic nitrogens is 1. The average Bonchev–Trinajstić information content (AvgIpc) is 3.26. The Hall–Kier alpha value is -2.60. The van der Waals surface area contributed by atoms with Gasteiger partial charge in [0.05, 0.1) is 10.4 Å². The summed E-state index contributed by atoms with van der Waals surface area (Å²) < 4.78 is 0. The molecular weight excluding hydrogens is 378 g/mol. The summed E-state index contributed by atoms with van der Waals surface area (Å²) in [4.78, 5) is 32.6.